The molecule has 0 unspecified atom stereocenters. The largest absolute Gasteiger partial charge is 0.366 e. The molecule has 1 aliphatic heterocycles. The van der Waals surface area contributed by atoms with Crippen molar-refractivity contribution in [2.24, 2.45) is 0 Å². The van der Waals surface area contributed by atoms with E-state index in [1.54, 1.807) is 23.0 Å². The van der Waals surface area contributed by atoms with Gasteiger partial charge in [-0.1, -0.05) is 47.7 Å². The third-order valence-corrected chi connectivity index (χ3v) is 5.74. The zero-order chi connectivity index (χ0) is 21.9. The summed E-state index contributed by atoms with van der Waals surface area (Å²) in [7, 11) is 0. The van der Waals surface area contributed by atoms with E-state index in [4.69, 9.17) is 0 Å². The normalized spacial score (nSPS) is 13.9. The Balaban J connectivity index is 1.28. The summed E-state index contributed by atoms with van der Waals surface area (Å²) in [6, 6.07) is 24.1. The van der Waals surface area contributed by atoms with Gasteiger partial charge in [-0.05, 0) is 36.4 Å². The van der Waals surface area contributed by atoms with Gasteiger partial charge in [-0.3, -0.25) is 4.79 Å². The van der Waals surface area contributed by atoms with E-state index in [2.05, 4.69) is 10.3 Å². The molecule has 4 aromatic rings. The number of nitrogens with zero attached hydrogens (tertiary/aromatic N) is 5. The Morgan fingerprint density at radius 1 is 0.812 bits per heavy atom. The van der Waals surface area contributed by atoms with Crippen molar-refractivity contribution in [3.63, 3.8) is 0 Å². The summed E-state index contributed by atoms with van der Waals surface area (Å²) in [5.74, 6) is -0.252. The summed E-state index contributed by atoms with van der Waals surface area (Å²) in [6.45, 7) is 2.31. The van der Waals surface area contributed by atoms with Gasteiger partial charge in [0.05, 0.1) is 23.3 Å². The fourth-order valence-corrected chi connectivity index (χ4v) is 4.02. The van der Waals surface area contributed by atoms with Gasteiger partial charge in [0.25, 0.3) is 5.91 Å². The fraction of sp³-hybridized carbons (Fsp3) is 0.160. The smallest absolute Gasteiger partial charge is 0.253 e. The Labute approximate surface area is 185 Å². The van der Waals surface area contributed by atoms with Crippen LogP contribution in [0, 0.1) is 5.82 Å². The molecule has 0 bridgehead atoms. The Morgan fingerprint density at radius 2 is 1.50 bits per heavy atom. The first kappa shape index (κ1) is 19.9. The number of halogens is 1. The average molecular weight is 427 g/mol. The third-order valence-electron chi connectivity index (χ3n) is 5.74. The quantitative estimate of drug-likeness (QED) is 0.493. The highest BCUT2D eigenvalue weighted by atomic mass is 19.1. The van der Waals surface area contributed by atoms with Gasteiger partial charge in [0.1, 0.15) is 5.82 Å². The van der Waals surface area contributed by atoms with E-state index in [1.165, 1.54) is 6.07 Å². The molecule has 32 heavy (non-hydrogen) atoms. The number of carbonyl (C=O) groups is 1. The van der Waals surface area contributed by atoms with Crippen LogP contribution in [0.5, 0.6) is 0 Å². The highest BCUT2D eigenvalue weighted by Crippen LogP contribution is 2.23. The molecule has 7 heteroatoms. The maximum absolute atomic E-state index is 14.1. The molecule has 0 N–H and O–H groups in total. The van der Waals surface area contributed by atoms with Crippen LogP contribution in [0.2, 0.25) is 0 Å². The molecule has 0 atom stereocenters. The summed E-state index contributed by atoms with van der Waals surface area (Å²) >= 11 is 0. The van der Waals surface area contributed by atoms with Crippen molar-refractivity contribution in [3.8, 4) is 16.9 Å². The maximum Gasteiger partial charge on any atom is 0.253 e. The van der Waals surface area contributed by atoms with Crippen LogP contribution in [0.4, 0.5) is 10.1 Å². The van der Waals surface area contributed by atoms with Crippen LogP contribution < -0.4 is 4.90 Å². The summed E-state index contributed by atoms with van der Waals surface area (Å²) in [4.78, 5) is 16.8. The molecule has 0 spiro atoms. The van der Waals surface area contributed by atoms with Gasteiger partial charge in [0, 0.05) is 37.3 Å². The van der Waals surface area contributed by atoms with Crippen LogP contribution in [0.15, 0.2) is 85.1 Å². The number of piperazine rings is 1. The molecular weight excluding hydrogens is 405 g/mol. The number of anilines is 1. The van der Waals surface area contributed by atoms with Crippen molar-refractivity contribution in [1.82, 2.24) is 19.9 Å². The molecule has 1 saturated heterocycles. The summed E-state index contributed by atoms with van der Waals surface area (Å²) < 4.78 is 15.8. The first-order chi connectivity index (χ1) is 15.7. The standard InChI is InChI=1S/C25H22FN5O/c26-22-8-4-5-9-23(22)29-14-16-30(17-15-29)25(32)20-10-12-21(13-11-20)31-24(18-27-28-31)19-6-2-1-3-7-19/h1-13,18H,14-17H2. The molecule has 160 valence electrons. The molecule has 3 aromatic carbocycles. The van der Waals surface area contributed by atoms with E-state index < -0.39 is 0 Å². The molecule has 1 aliphatic rings. The summed E-state index contributed by atoms with van der Waals surface area (Å²) in [5.41, 5.74) is 3.95. The minimum atomic E-state index is -0.231. The van der Waals surface area contributed by atoms with Crippen LogP contribution in [0.25, 0.3) is 16.9 Å². The molecule has 5 rings (SSSR count). The molecular formula is C25H22FN5O. The number of para-hydroxylation sites is 1. The monoisotopic (exact) mass is 427 g/mol. The lowest BCUT2D eigenvalue weighted by Gasteiger charge is -2.36. The second-order valence-corrected chi connectivity index (χ2v) is 7.67. The molecule has 0 aliphatic carbocycles. The third kappa shape index (κ3) is 3.85. The van der Waals surface area contributed by atoms with Crippen molar-refractivity contribution in [3.05, 3.63) is 96.4 Å². The Hall–Kier alpha value is -4.00. The number of aromatic nitrogens is 3. The number of benzene rings is 3. The van der Waals surface area contributed by atoms with Crippen molar-refractivity contribution in [2.75, 3.05) is 31.1 Å². The van der Waals surface area contributed by atoms with Crippen LogP contribution in [0.1, 0.15) is 10.4 Å². The van der Waals surface area contributed by atoms with E-state index in [9.17, 15) is 9.18 Å². The minimum absolute atomic E-state index is 0.0217. The minimum Gasteiger partial charge on any atom is -0.366 e. The van der Waals surface area contributed by atoms with Crippen LogP contribution >= 0.6 is 0 Å². The second-order valence-electron chi connectivity index (χ2n) is 7.67. The number of rotatable bonds is 4. The van der Waals surface area contributed by atoms with Gasteiger partial charge in [0.2, 0.25) is 0 Å². The van der Waals surface area contributed by atoms with Gasteiger partial charge >= 0.3 is 0 Å². The number of hydrogen-bond acceptors (Lipinski definition) is 4. The van der Waals surface area contributed by atoms with Gasteiger partial charge in [-0.2, -0.15) is 0 Å². The van der Waals surface area contributed by atoms with Gasteiger partial charge < -0.3 is 9.80 Å². The molecule has 2 heterocycles. The maximum atomic E-state index is 14.1. The topological polar surface area (TPSA) is 54.3 Å². The first-order valence-corrected chi connectivity index (χ1v) is 10.6. The molecule has 6 nitrogen and oxygen atoms in total. The zero-order valence-electron chi connectivity index (χ0n) is 17.4. The van der Waals surface area contributed by atoms with Crippen molar-refractivity contribution < 1.29 is 9.18 Å². The van der Waals surface area contributed by atoms with Gasteiger partial charge in [-0.15, -0.1) is 5.10 Å². The molecule has 0 radical (unpaired) electrons. The zero-order valence-corrected chi connectivity index (χ0v) is 17.4. The lowest BCUT2D eigenvalue weighted by molar-refractivity contribution is 0.0746. The number of hydrogen-bond donors (Lipinski definition) is 0. The highest BCUT2D eigenvalue weighted by molar-refractivity contribution is 5.94. The summed E-state index contributed by atoms with van der Waals surface area (Å²) in [5, 5.41) is 8.26. The molecule has 0 saturated carbocycles. The van der Waals surface area contributed by atoms with E-state index in [-0.39, 0.29) is 11.7 Å². The van der Waals surface area contributed by atoms with E-state index in [0.717, 1.165) is 16.9 Å². The Kier molecular flexibility index (Phi) is 5.37. The molecule has 1 amide bonds. The molecule has 1 aromatic heterocycles. The van der Waals surface area contributed by atoms with E-state index >= 15 is 0 Å². The van der Waals surface area contributed by atoms with Crippen LogP contribution in [-0.4, -0.2) is 52.0 Å². The highest BCUT2D eigenvalue weighted by Gasteiger charge is 2.23. The number of carbonyl (C=O) groups excluding carboxylic acids is 1. The average Bonchev–Trinajstić information content (AvgIpc) is 3.35. The van der Waals surface area contributed by atoms with Crippen LogP contribution in [-0.2, 0) is 0 Å². The van der Waals surface area contributed by atoms with Gasteiger partial charge in [0.15, 0.2) is 0 Å². The SMILES string of the molecule is O=C(c1ccc(-n2nncc2-c2ccccc2)cc1)N1CCN(c2ccccc2F)CC1. The molecule has 1 fully saturated rings. The van der Waals surface area contributed by atoms with Crippen LogP contribution in [0.3, 0.4) is 0 Å². The Morgan fingerprint density at radius 3 is 2.22 bits per heavy atom. The lowest BCUT2D eigenvalue weighted by atomic mass is 10.1. The van der Waals surface area contributed by atoms with Gasteiger partial charge in [-0.25, -0.2) is 9.07 Å². The van der Waals surface area contributed by atoms with Crippen molar-refractivity contribution in [1.29, 1.82) is 0 Å². The summed E-state index contributed by atoms with van der Waals surface area (Å²) in [6.07, 6.45) is 1.73. The van der Waals surface area contributed by atoms with Crippen molar-refractivity contribution >= 4 is 11.6 Å². The first-order valence-electron chi connectivity index (χ1n) is 10.6. The van der Waals surface area contributed by atoms with E-state index in [0.29, 0.717) is 37.4 Å². The second kappa shape index (κ2) is 8.63. The fourth-order valence-electron chi connectivity index (χ4n) is 4.02. The lowest BCUT2D eigenvalue weighted by Crippen LogP contribution is -2.49. The number of amides is 1. The predicted octanol–water partition coefficient (Wildman–Crippen LogP) is 4.04. The van der Waals surface area contributed by atoms with E-state index in [1.807, 2.05) is 70.5 Å². The predicted molar refractivity (Wildman–Crippen MR) is 121 cm³/mol. The Bertz CT molecular complexity index is 1210. The van der Waals surface area contributed by atoms with Crippen molar-refractivity contribution in [2.45, 2.75) is 0 Å².